The van der Waals surface area contributed by atoms with Gasteiger partial charge in [0.15, 0.2) is 5.82 Å². The zero-order chi connectivity index (χ0) is 31.8. The Kier molecular flexibility index (Phi) is 9.63. The predicted octanol–water partition coefficient (Wildman–Crippen LogP) is 3.62. The van der Waals surface area contributed by atoms with Crippen LogP contribution in [0.25, 0.3) is 11.4 Å². The third-order valence-corrected chi connectivity index (χ3v) is 7.41. The molecule has 3 amide bonds. The Hall–Kier alpha value is -5.78. The number of nitrogens with one attached hydrogen (secondary N) is 2. The Morgan fingerprint density at radius 2 is 1.38 bits per heavy atom. The van der Waals surface area contributed by atoms with E-state index in [-0.39, 0.29) is 49.8 Å². The maximum absolute atomic E-state index is 13.8. The van der Waals surface area contributed by atoms with Crippen molar-refractivity contribution in [3.63, 3.8) is 0 Å². The first kappa shape index (κ1) is 30.7. The van der Waals surface area contributed by atoms with Crippen LogP contribution in [0.1, 0.15) is 32.0 Å². The van der Waals surface area contributed by atoms with Crippen LogP contribution >= 0.6 is 0 Å². The minimum atomic E-state index is -1.08. The van der Waals surface area contributed by atoms with Gasteiger partial charge >= 0.3 is 12.1 Å². The molecule has 1 aromatic heterocycles. The van der Waals surface area contributed by atoms with Crippen LogP contribution in [0.5, 0.6) is 0 Å². The van der Waals surface area contributed by atoms with Gasteiger partial charge in [0.2, 0.25) is 5.91 Å². The second kappa shape index (κ2) is 14.1. The molecule has 1 aliphatic rings. The number of rotatable bonds is 10. The van der Waals surface area contributed by atoms with Gasteiger partial charge in [-0.05, 0) is 23.3 Å². The van der Waals surface area contributed by atoms with Crippen molar-refractivity contribution < 1.29 is 29.4 Å². The molecule has 0 aliphatic carbocycles. The molecule has 1 fully saturated rings. The normalized spacial score (nSPS) is 13.5. The molecule has 3 aromatic carbocycles. The van der Waals surface area contributed by atoms with Crippen LogP contribution in [0.15, 0.2) is 91.0 Å². The second-order valence-electron chi connectivity index (χ2n) is 10.5. The number of amides is 3. The molecule has 0 unspecified atom stereocenters. The Morgan fingerprint density at radius 3 is 2.00 bits per heavy atom. The smallest absolute Gasteiger partial charge is 0.407 e. The number of carbonyl (C=O) groups excluding carboxylic acids is 2. The Bertz CT molecular complexity index is 1660. The van der Waals surface area contributed by atoms with Crippen molar-refractivity contribution in [3.8, 4) is 11.4 Å². The van der Waals surface area contributed by atoms with Gasteiger partial charge in [-0.2, -0.15) is 0 Å². The molecular weight excluding hydrogens is 576 g/mol. The number of carbonyl (C=O) groups is 4. The lowest BCUT2D eigenvalue weighted by Crippen LogP contribution is -2.56. The number of hydrogen-bond acceptors (Lipinski definition) is 7. The fraction of sp³-hybridized carbons (Fsp3) is 0.212. The van der Waals surface area contributed by atoms with Crippen molar-refractivity contribution in [2.45, 2.75) is 19.0 Å². The molecule has 12 nitrogen and oxygen atoms in total. The first-order valence-electron chi connectivity index (χ1n) is 14.4. The Labute approximate surface area is 259 Å². The Morgan fingerprint density at radius 1 is 0.756 bits per heavy atom. The van der Waals surface area contributed by atoms with Gasteiger partial charge in [0.1, 0.15) is 17.6 Å². The minimum Gasteiger partial charge on any atom is -0.478 e. The molecule has 1 saturated heterocycles. The van der Waals surface area contributed by atoms with E-state index in [1.165, 1.54) is 28.0 Å². The van der Waals surface area contributed by atoms with Crippen LogP contribution in [0, 0.1) is 0 Å². The standard InChI is InChI=1S/C33H32N6O6/c40-30(26-20-28(34-21-23-7-3-1-4-8-23)37-29(35-26)24-9-5-2-6-10-24)36-27(19-22-11-13-25(14-12-22)32(42)43)31(41)38-15-17-39(18-16-38)33(44)45/h1-14,20,27H,15-19,21H2,(H,36,40)(H,42,43)(H,44,45)(H,34,35,37)/t27-/m0/s1. The molecule has 230 valence electrons. The summed E-state index contributed by atoms with van der Waals surface area (Å²) in [6, 6.07) is 25.5. The maximum Gasteiger partial charge on any atom is 0.407 e. The molecule has 0 saturated carbocycles. The predicted molar refractivity (Wildman–Crippen MR) is 166 cm³/mol. The molecule has 1 atom stereocenters. The number of piperazine rings is 1. The number of anilines is 1. The van der Waals surface area contributed by atoms with Gasteiger partial charge < -0.3 is 30.6 Å². The fourth-order valence-corrected chi connectivity index (χ4v) is 4.95. The van der Waals surface area contributed by atoms with E-state index in [0.29, 0.717) is 29.3 Å². The lowest BCUT2D eigenvalue weighted by atomic mass is 10.0. The average molecular weight is 609 g/mol. The van der Waals surface area contributed by atoms with Gasteiger partial charge in [-0.15, -0.1) is 0 Å². The summed E-state index contributed by atoms with van der Waals surface area (Å²) < 4.78 is 0. The molecule has 1 aliphatic heterocycles. The highest BCUT2D eigenvalue weighted by Gasteiger charge is 2.31. The molecule has 0 radical (unpaired) electrons. The van der Waals surface area contributed by atoms with Crippen molar-refractivity contribution in [2.75, 3.05) is 31.5 Å². The highest BCUT2D eigenvalue weighted by Crippen LogP contribution is 2.19. The van der Waals surface area contributed by atoms with Crippen LogP contribution in [0.2, 0.25) is 0 Å². The zero-order valence-corrected chi connectivity index (χ0v) is 24.3. The molecule has 0 spiro atoms. The molecule has 2 heterocycles. The maximum atomic E-state index is 13.8. The summed E-state index contributed by atoms with van der Waals surface area (Å²) in [5, 5.41) is 24.7. The van der Waals surface area contributed by atoms with E-state index in [1.807, 2.05) is 60.7 Å². The summed E-state index contributed by atoms with van der Waals surface area (Å²) in [6.07, 6.45) is -0.973. The summed E-state index contributed by atoms with van der Waals surface area (Å²) in [4.78, 5) is 62.1. The van der Waals surface area contributed by atoms with Gasteiger partial charge in [-0.3, -0.25) is 9.59 Å². The number of carboxylic acid groups (broad SMARTS) is 2. The number of nitrogens with zero attached hydrogens (tertiary/aromatic N) is 4. The van der Waals surface area contributed by atoms with E-state index in [4.69, 9.17) is 0 Å². The first-order chi connectivity index (χ1) is 21.8. The summed E-state index contributed by atoms with van der Waals surface area (Å²) in [7, 11) is 0. The number of hydrogen-bond donors (Lipinski definition) is 4. The van der Waals surface area contributed by atoms with Crippen molar-refractivity contribution in [2.24, 2.45) is 0 Å². The highest BCUT2D eigenvalue weighted by molar-refractivity contribution is 5.97. The number of carboxylic acids is 1. The van der Waals surface area contributed by atoms with E-state index in [0.717, 1.165) is 5.56 Å². The lowest BCUT2D eigenvalue weighted by molar-refractivity contribution is -0.134. The largest absolute Gasteiger partial charge is 0.478 e. The van der Waals surface area contributed by atoms with Crippen molar-refractivity contribution >= 4 is 29.7 Å². The van der Waals surface area contributed by atoms with Crippen LogP contribution in [-0.4, -0.2) is 86.1 Å². The SMILES string of the molecule is O=C(O)c1ccc(C[C@H](NC(=O)c2cc(NCc3ccccc3)nc(-c3ccccc3)n2)C(=O)N2CCN(C(=O)O)CC2)cc1. The topological polar surface area (TPSA) is 165 Å². The van der Waals surface area contributed by atoms with Crippen LogP contribution in [-0.2, 0) is 17.8 Å². The first-order valence-corrected chi connectivity index (χ1v) is 14.4. The van der Waals surface area contributed by atoms with Gasteiger partial charge in [-0.25, -0.2) is 19.6 Å². The molecule has 4 N–H and O–H groups in total. The third-order valence-electron chi connectivity index (χ3n) is 7.41. The molecule has 5 rings (SSSR count). The van der Waals surface area contributed by atoms with E-state index in [1.54, 1.807) is 12.1 Å². The summed E-state index contributed by atoms with van der Waals surface area (Å²) >= 11 is 0. The average Bonchev–Trinajstić information content (AvgIpc) is 3.07. The summed E-state index contributed by atoms with van der Waals surface area (Å²) in [5.74, 6) is -1.29. The van der Waals surface area contributed by atoms with Crippen molar-refractivity contribution in [3.05, 3.63) is 113 Å². The summed E-state index contributed by atoms with van der Waals surface area (Å²) in [5.41, 5.74) is 2.51. The van der Waals surface area contributed by atoms with E-state index in [9.17, 15) is 29.4 Å². The van der Waals surface area contributed by atoms with E-state index in [2.05, 4.69) is 20.6 Å². The highest BCUT2D eigenvalue weighted by atomic mass is 16.4. The van der Waals surface area contributed by atoms with Gasteiger partial charge in [0.05, 0.1) is 5.56 Å². The quantitative estimate of drug-likeness (QED) is 0.210. The van der Waals surface area contributed by atoms with E-state index >= 15 is 0 Å². The molecule has 0 bridgehead atoms. The zero-order valence-electron chi connectivity index (χ0n) is 24.3. The summed E-state index contributed by atoms with van der Waals surface area (Å²) in [6.45, 7) is 1.11. The number of aromatic carboxylic acids is 1. The fourth-order valence-electron chi connectivity index (χ4n) is 4.95. The van der Waals surface area contributed by atoms with E-state index < -0.39 is 24.0 Å². The minimum absolute atomic E-state index is 0.0501. The number of aromatic nitrogens is 2. The molecular formula is C33H32N6O6. The second-order valence-corrected chi connectivity index (χ2v) is 10.5. The van der Waals surface area contributed by atoms with Crippen molar-refractivity contribution in [1.29, 1.82) is 0 Å². The monoisotopic (exact) mass is 608 g/mol. The van der Waals surface area contributed by atoms with Crippen molar-refractivity contribution in [1.82, 2.24) is 25.1 Å². The van der Waals surface area contributed by atoms with Gasteiger partial charge in [0, 0.05) is 50.8 Å². The Balaban J connectivity index is 1.41. The lowest BCUT2D eigenvalue weighted by Gasteiger charge is -2.35. The number of benzene rings is 3. The van der Waals surface area contributed by atoms with Crippen LogP contribution < -0.4 is 10.6 Å². The van der Waals surface area contributed by atoms with Crippen LogP contribution in [0.4, 0.5) is 10.6 Å². The van der Waals surface area contributed by atoms with Gasteiger partial charge in [0.25, 0.3) is 5.91 Å². The molecule has 12 heteroatoms. The van der Waals surface area contributed by atoms with Gasteiger partial charge in [-0.1, -0.05) is 72.8 Å². The third kappa shape index (κ3) is 7.99. The molecule has 45 heavy (non-hydrogen) atoms. The van der Waals surface area contributed by atoms with Crippen LogP contribution in [0.3, 0.4) is 0 Å². The molecule has 4 aromatic rings.